The van der Waals surface area contributed by atoms with Crippen LogP contribution in [0.15, 0.2) is 54.9 Å². The number of pyridine rings is 2. The van der Waals surface area contributed by atoms with Crippen molar-refractivity contribution in [3.63, 3.8) is 0 Å². The van der Waals surface area contributed by atoms with E-state index in [4.69, 9.17) is 0 Å². The summed E-state index contributed by atoms with van der Waals surface area (Å²) in [6.45, 7) is 5.51. The first-order valence-corrected chi connectivity index (χ1v) is 11.9. The Morgan fingerprint density at radius 1 is 1.00 bits per heavy atom. The van der Waals surface area contributed by atoms with Crippen molar-refractivity contribution in [1.82, 2.24) is 19.8 Å². The van der Waals surface area contributed by atoms with Crippen molar-refractivity contribution in [2.75, 3.05) is 69.7 Å². The topological polar surface area (TPSA) is 76.0 Å². The molecule has 34 heavy (non-hydrogen) atoms. The van der Waals surface area contributed by atoms with Crippen LogP contribution in [0.2, 0.25) is 0 Å². The van der Waals surface area contributed by atoms with Gasteiger partial charge in [0.1, 0.15) is 11.1 Å². The molecule has 1 amide bonds. The van der Waals surface area contributed by atoms with Crippen LogP contribution in [0, 0.1) is 0 Å². The van der Waals surface area contributed by atoms with Crippen molar-refractivity contribution in [2.24, 2.45) is 0 Å². The zero-order valence-electron chi connectivity index (χ0n) is 19.9. The normalized spacial score (nSPS) is 21.3. The second-order valence-electron chi connectivity index (χ2n) is 9.60. The summed E-state index contributed by atoms with van der Waals surface area (Å²) in [5.41, 5.74) is 3.45. The Hall–Kier alpha value is -3.23. The number of likely N-dealkylation sites (N-methyl/N-ethyl adjacent to an activating group) is 2. The maximum absolute atomic E-state index is 13.1. The lowest BCUT2D eigenvalue weighted by Gasteiger charge is -2.34. The van der Waals surface area contributed by atoms with Crippen LogP contribution >= 0.6 is 0 Å². The largest absolute Gasteiger partial charge is 0.386 e. The van der Waals surface area contributed by atoms with Gasteiger partial charge < -0.3 is 24.7 Å². The van der Waals surface area contributed by atoms with E-state index in [1.165, 1.54) is 0 Å². The van der Waals surface area contributed by atoms with Gasteiger partial charge in [0, 0.05) is 70.0 Å². The Morgan fingerprint density at radius 2 is 1.76 bits per heavy atom. The molecule has 2 saturated heterocycles. The molecule has 2 aromatic heterocycles. The number of fused-ring (bicyclic) bond motifs is 1. The zero-order chi connectivity index (χ0) is 23.7. The van der Waals surface area contributed by atoms with E-state index in [2.05, 4.69) is 31.7 Å². The van der Waals surface area contributed by atoms with Crippen LogP contribution in [0.3, 0.4) is 0 Å². The molecule has 0 saturated carbocycles. The van der Waals surface area contributed by atoms with E-state index < -0.39 is 5.60 Å². The third-order valence-electron chi connectivity index (χ3n) is 7.01. The Balaban J connectivity index is 1.23. The van der Waals surface area contributed by atoms with E-state index in [1.54, 1.807) is 24.3 Å². The molecule has 8 heteroatoms. The lowest BCUT2D eigenvalue weighted by atomic mass is 10.0. The van der Waals surface area contributed by atoms with E-state index in [9.17, 15) is 9.90 Å². The van der Waals surface area contributed by atoms with Gasteiger partial charge in [-0.25, -0.2) is 0 Å². The maximum atomic E-state index is 13.1. The first-order chi connectivity index (χ1) is 16.4. The summed E-state index contributed by atoms with van der Waals surface area (Å²) in [7, 11) is 3.91. The number of aromatic nitrogens is 2. The van der Waals surface area contributed by atoms with Crippen molar-refractivity contribution in [2.45, 2.75) is 12.0 Å². The Kier molecular flexibility index (Phi) is 6.10. The molecule has 1 aromatic carbocycles. The third-order valence-corrected chi connectivity index (χ3v) is 7.01. The van der Waals surface area contributed by atoms with Gasteiger partial charge in [0.15, 0.2) is 0 Å². The van der Waals surface area contributed by atoms with Crippen LogP contribution < -0.4 is 9.80 Å². The van der Waals surface area contributed by atoms with Gasteiger partial charge in [-0.3, -0.25) is 14.8 Å². The number of nitrogens with zero attached hydrogens (tertiary/aromatic N) is 6. The highest BCUT2D eigenvalue weighted by Gasteiger charge is 2.38. The van der Waals surface area contributed by atoms with Crippen LogP contribution in [0.1, 0.15) is 16.8 Å². The quantitative estimate of drug-likeness (QED) is 0.625. The number of piperazine rings is 1. The number of β-amino-alcohol motifs (C(OH)–C–C–N with tert-alkyl or cyclic N) is 1. The van der Waals surface area contributed by atoms with E-state index in [1.807, 2.05) is 42.5 Å². The summed E-state index contributed by atoms with van der Waals surface area (Å²) in [4.78, 5) is 30.4. The third kappa shape index (κ3) is 4.56. The average molecular weight is 461 g/mol. The molecule has 0 bridgehead atoms. The fourth-order valence-electron chi connectivity index (χ4n) is 5.02. The van der Waals surface area contributed by atoms with Crippen molar-refractivity contribution < 1.29 is 9.90 Å². The number of carbonyl (C=O) groups is 1. The van der Waals surface area contributed by atoms with E-state index >= 15 is 0 Å². The van der Waals surface area contributed by atoms with Crippen LogP contribution in [0.25, 0.3) is 11.0 Å². The molecule has 1 atom stereocenters. The predicted molar refractivity (Wildman–Crippen MR) is 134 cm³/mol. The number of anilines is 2. The number of benzene rings is 1. The molecule has 1 unspecified atom stereocenters. The molecule has 2 aliphatic heterocycles. The molecule has 1 N–H and O–H groups in total. The van der Waals surface area contributed by atoms with Gasteiger partial charge in [-0.1, -0.05) is 0 Å². The Bertz CT molecular complexity index is 1160. The highest BCUT2D eigenvalue weighted by Crippen LogP contribution is 2.31. The Labute approximate surface area is 200 Å². The monoisotopic (exact) mass is 460 g/mol. The summed E-state index contributed by atoms with van der Waals surface area (Å²) in [6.07, 6.45) is 4.12. The Morgan fingerprint density at radius 3 is 2.53 bits per heavy atom. The fourth-order valence-corrected chi connectivity index (χ4v) is 5.02. The minimum absolute atomic E-state index is 0.0761. The smallest absolute Gasteiger partial charge is 0.253 e. The molecule has 8 nitrogen and oxygen atoms in total. The van der Waals surface area contributed by atoms with Crippen molar-refractivity contribution in [1.29, 1.82) is 0 Å². The predicted octanol–water partition coefficient (Wildman–Crippen LogP) is 2.09. The van der Waals surface area contributed by atoms with Crippen LogP contribution in [-0.2, 0) is 0 Å². The minimum atomic E-state index is -0.978. The van der Waals surface area contributed by atoms with Crippen LogP contribution in [-0.4, -0.2) is 96.3 Å². The molecule has 0 spiro atoms. The van der Waals surface area contributed by atoms with Gasteiger partial charge in [0.25, 0.3) is 5.91 Å². The van der Waals surface area contributed by atoms with Crippen molar-refractivity contribution >= 4 is 28.3 Å². The SMILES string of the molecule is CN1CCN(c2ccc(C(=O)N(C)CC3(O)CCN(c4ccnc5cccnc45)C3)cc2)CC1. The molecular weight excluding hydrogens is 428 g/mol. The van der Waals surface area contributed by atoms with Gasteiger partial charge in [-0.15, -0.1) is 0 Å². The summed E-state index contributed by atoms with van der Waals surface area (Å²) in [6, 6.07) is 13.6. The molecule has 0 radical (unpaired) electrons. The fraction of sp³-hybridized carbons (Fsp3) is 0.423. The van der Waals surface area contributed by atoms with E-state index in [0.717, 1.165) is 48.6 Å². The maximum Gasteiger partial charge on any atom is 0.253 e. The molecule has 2 aliphatic rings. The lowest BCUT2D eigenvalue weighted by molar-refractivity contribution is 0.0264. The number of hydrogen-bond acceptors (Lipinski definition) is 7. The molecule has 178 valence electrons. The molecule has 5 rings (SSSR count). The first kappa shape index (κ1) is 22.6. The number of carbonyl (C=O) groups excluding carboxylic acids is 1. The number of rotatable bonds is 5. The second kappa shape index (κ2) is 9.19. The number of amides is 1. The lowest BCUT2D eigenvalue weighted by Crippen LogP contribution is -2.46. The summed E-state index contributed by atoms with van der Waals surface area (Å²) < 4.78 is 0. The average Bonchev–Trinajstić information content (AvgIpc) is 3.25. The molecule has 4 heterocycles. The van der Waals surface area contributed by atoms with E-state index in [-0.39, 0.29) is 12.5 Å². The number of hydrogen-bond donors (Lipinski definition) is 1. The molecule has 0 aliphatic carbocycles. The summed E-state index contributed by atoms with van der Waals surface area (Å²) in [5, 5.41) is 11.3. The van der Waals surface area contributed by atoms with Gasteiger partial charge in [-0.05, 0) is 55.9 Å². The second-order valence-corrected chi connectivity index (χ2v) is 9.60. The van der Waals surface area contributed by atoms with E-state index in [0.29, 0.717) is 25.1 Å². The minimum Gasteiger partial charge on any atom is -0.386 e. The molecule has 3 aromatic rings. The molecule has 2 fully saturated rings. The van der Waals surface area contributed by atoms with Crippen molar-refractivity contribution in [3.05, 3.63) is 60.4 Å². The van der Waals surface area contributed by atoms with Gasteiger partial charge in [0.2, 0.25) is 0 Å². The first-order valence-electron chi connectivity index (χ1n) is 11.9. The van der Waals surface area contributed by atoms with Crippen LogP contribution in [0.5, 0.6) is 0 Å². The van der Waals surface area contributed by atoms with Crippen LogP contribution in [0.4, 0.5) is 11.4 Å². The highest BCUT2D eigenvalue weighted by molar-refractivity contribution is 5.94. The molecular formula is C26H32N6O2. The summed E-state index contributed by atoms with van der Waals surface area (Å²) in [5.74, 6) is -0.0761. The van der Waals surface area contributed by atoms with Gasteiger partial charge in [0.05, 0.1) is 17.7 Å². The van der Waals surface area contributed by atoms with Crippen molar-refractivity contribution in [3.8, 4) is 0 Å². The standard InChI is InChI=1S/C26H32N6O2/c1-29-14-16-31(17-15-29)21-7-5-20(6-8-21)25(33)30(2)18-26(34)10-13-32(19-26)23-9-12-27-22-4-3-11-28-24(22)23/h3-9,11-12,34H,10,13-19H2,1-2H3. The highest BCUT2D eigenvalue weighted by atomic mass is 16.3. The summed E-state index contributed by atoms with van der Waals surface area (Å²) >= 11 is 0. The number of aliphatic hydroxyl groups is 1. The zero-order valence-corrected chi connectivity index (χ0v) is 19.9. The van der Waals surface area contributed by atoms with Gasteiger partial charge in [-0.2, -0.15) is 0 Å². The van der Waals surface area contributed by atoms with Gasteiger partial charge >= 0.3 is 0 Å².